The van der Waals surface area contributed by atoms with Crippen LogP contribution in [0, 0.1) is 0 Å². The van der Waals surface area contributed by atoms with Crippen molar-refractivity contribution in [3.63, 3.8) is 0 Å². The average molecular weight is 297 g/mol. The van der Waals surface area contributed by atoms with Crippen molar-refractivity contribution in [1.82, 2.24) is 5.32 Å². The highest BCUT2D eigenvalue weighted by atomic mass is 16.5. The van der Waals surface area contributed by atoms with E-state index in [4.69, 9.17) is 9.47 Å². The van der Waals surface area contributed by atoms with Gasteiger partial charge in [-0.2, -0.15) is 0 Å². The second-order valence-corrected chi connectivity index (χ2v) is 5.21. The van der Waals surface area contributed by atoms with Crippen LogP contribution in [0.3, 0.4) is 0 Å². The van der Waals surface area contributed by atoms with Crippen LogP contribution in [0.4, 0.5) is 0 Å². The Morgan fingerprint density at radius 2 is 1.91 bits per heavy atom. The van der Waals surface area contributed by atoms with Gasteiger partial charge < -0.3 is 14.8 Å². The third kappa shape index (κ3) is 3.65. The molecular formula is C18H19NO3. The fourth-order valence-electron chi connectivity index (χ4n) is 2.57. The third-order valence-corrected chi connectivity index (χ3v) is 3.69. The van der Waals surface area contributed by atoms with E-state index in [2.05, 4.69) is 17.4 Å². The number of hydrogen-bond donors (Lipinski definition) is 1. The summed E-state index contributed by atoms with van der Waals surface area (Å²) in [6.45, 7) is 1.17. The number of para-hydroxylation sites is 1. The Bertz CT molecular complexity index is 627. The Labute approximate surface area is 130 Å². The highest BCUT2D eigenvalue weighted by molar-refractivity contribution is 5.77. The summed E-state index contributed by atoms with van der Waals surface area (Å²) in [5, 5.41) is 2.87. The standard InChI is InChI=1S/C18H19NO3/c20-18(13-22-15-7-2-1-3-8-15)19-12-17-16-9-5-4-6-14(16)10-11-21-17/h1-9,17H,10-13H2,(H,19,20)/t17-/m1/s1. The lowest BCUT2D eigenvalue weighted by Gasteiger charge is -2.26. The second kappa shape index (κ2) is 7.09. The van der Waals surface area contributed by atoms with Crippen molar-refractivity contribution in [3.05, 3.63) is 65.7 Å². The number of rotatable bonds is 5. The molecular weight excluding hydrogens is 278 g/mol. The zero-order chi connectivity index (χ0) is 15.2. The van der Waals surface area contributed by atoms with Gasteiger partial charge in [-0.25, -0.2) is 0 Å². The van der Waals surface area contributed by atoms with Crippen LogP contribution in [-0.4, -0.2) is 25.7 Å². The number of benzene rings is 2. The highest BCUT2D eigenvalue weighted by Crippen LogP contribution is 2.26. The largest absolute Gasteiger partial charge is 0.484 e. The molecule has 2 aromatic carbocycles. The van der Waals surface area contributed by atoms with Gasteiger partial charge in [0.15, 0.2) is 6.61 Å². The molecule has 0 unspecified atom stereocenters. The predicted molar refractivity (Wildman–Crippen MR) is 83.8 cm³/mol. The molecule has 2 aromatic rings. The summed E-state index contributed by atoms with van der Waals surface area (Å²) in [6, 6.07) is 17.5. The number of nitrogens with one attached hydrogen (secondary N) is 1. The SMILES string of the molecule is O=C(COc1ccccc1)NC[C@H]1OCCc2ccccc21. The smallest absolute Gasteiger partial charge is 0.258 e. The normalized spacial score (nSPS) is 16.6. The van der Waals surface area contributed by atoms with Gasteiger partial charge in [0.1, 0.15) is 11.9 Å². The van der Waals surface area contributed by atoms with Crippen molar-refractivity contribution in [2.45, 2.75) is 12.5 Å². The molecule has 0 bridgehead atoms. The van der Waals surface area contributed by atoms with Crippen molar-refractivity contribution in [3.8, 4) is 5.75 Å². The first kappa shape index (κ1) is 14.6. The van der Waals surface area contributed by atoms with Gasteiger partial charge in [-0.3, -0.25) is 4.79 Å². The summed E-state index contributed by atoms with van der Waals surface area (Å²) < 4.78 is 11.2. The van der Waals surface area contributed by atoms with E-state index in [1.807, 2.05) is 42.5 Å². The summed E-state index contributed by atoms with van der Waals surface area (Å²) in [5.74, 6) is 0.549. The van der Waals surface area contributed by atoms with Crippen LogP contribution in [0.2, 0.25) is 0 Å². The maximum absolute atomic E-state index is 11.9. The van der Waals surface area contributed by atoms with E-state index in [0.29, 0.717) is 18.9 Å². The first-order valence-electron chi connectivity index (χ1n) is 7.47. The summed E-state index contributed by atoms with van der Waals surface area (Å²) in [4.78, 5) is 11.9. The zero-order valence-electron chi connectivity index (χ0n) is 12.3. The van der Waals surface area contributed by atoms with Crippen LogP contribution in [0.15, 0.2) is 54.6 Å². The first-order chi connectivity index (χ1) is 10.8. The van der Waals surface area contributed by atoms with Crippen LogP contribution in [0.1, 0.15) is 17.2 Å². The molecule has 1 heterocycles. The van der Waals surface area contributed by atoms with Crippen molar-refractivity contribution < 1.29 is 14.3 Å². The molecule has 0 aromatic heterocycles. The fourth-order valence-corrected chi connectivity index (χ4v) is 2.57. The Morgan fingerprint density at radius 3 is 2.77 bits per heavy atom. The monoisotopic (exact) mass is 297 g/mol. The van der Waals surface area contributed by atoms with Gasteiger partial charge in [0, 0.05) is 6.54 Å². The lowest BCUT2D eigenvalue weighted by molar-refractivity contribution is -0.123. The maximum Gasteiger partial charge on any atom is 0.258 e. The molecule has 1 atom stereocenters. The van der Waals surface area contributed by atoms with Crippen LogP contribution < -0.4 is 10.1 Å². The van der Waals surface area contributed by atoms with E-state index in [-0.39, 0.29) is 18.6 Å². The molecule has 1 amide bonds. The zero-order valence-corrected chi connectivity index (χ0v) is 12.3. The molecule has 3 rings (SSSR count). The minimum Gasteiger partial charge on any atom is -0.484 e. The van der Waals surface area contributed by atoms with Crippen LogP contribution in [0.5, 0.6) is 5.75 Å². The maximum atomic E-state index is 11.9. The van der Waals surface area contributed by atoms with Crippen molar-refractivity contribution >= 4 is 5.91 Å². The van der Waals surface area contributed by atoms with Gasteiger partial charge in [0.05, 0.1) is 6.61 Å². The van der Waals surface area contributed by atoms with Gasteiger partial charge in [0.2, 0.25) is 0 Å². The number of amides is 1. The molecule has 0 fully saturated rings. The van der Waals surface area contributed by atoms with E-state index >= 15 is 0 Å². The Kier molecular flexibility index (Phi) is 4.71. The highest BCUT2D eigenvalue weighted by Gasteiger charge is 2.20. The van der Waals surface area contributed by atoms with Crippen LogP contribution in [0.25, 0.3) is 0 Å². The van der Waals surface area contributed by atoms with Crippen molar-refractivity contribution in [1.29, 1.82) is 0 Å². The molecule has 0 radical (unpaired) electrons. The minimum atomic E-state index is -0.143. The molecule has 22 heavy (non-hydrogen) atoms. The fraction of sp³-hybridized carbons (Fsp3) is 0.278. The molecule has 0 aliphatic carbocycles. The minimum absolute atomic E-state index is 0.0123. The number of hydrogen-bond acceptors (Lipinski definition) is 3. The summed E-state index contributed by atoms with van der Waals surface area (Å²) in [6.07, 6.45) is 0.850. The summed E-state index contributed by atoms with van der Waals surface area (Å²) >= 11 is 0. The van der Waals surface area contributed by atoms with Gasteiger partial charge in [-0.05, 0) is 29.7 Å². The van der Waals surface area contributed by atoms with E-state index in [0.717, 1.165) is 12.0 Å². The summed E-state index contributed by atoms with van der Waals surface area (Å²) in [7, 11) is 0. The van der Waals surface area contributed by atoms with E-state index < -0.39 is 0 Å². The van der Waals surface area contributed by atoms with Gasteiger partial charge in [0.25, 0.3) is 5.91 Å². The molecule has 4 nitrogen and oxygen atoms in total. The average Bonchev–Trinajstić information content (AvgIpc) is 2.59. The number of carbonyl (C=O) groups excluding carboxylic acids is 1. The topological polar surface area (TPSA) is 47.6 Å². The number of carbonyl (C=O) groups is 1. The second-order valence-electron chi connectivity index (χ2n) is 5.21. The van der Waals surface area contributed by atoms with E-state index in [1.54, 1.807) is 0 Å². The van der Waals surface area contributed by atoms with Crippen LogP contribution >= 0.6 is 0 Å². The molecule has 1 aliphatic heterocycles. The van der Waals surface area contributed by atoms with Crippen LogP contribution in [-0.2, 0) is 16.0 Å². The lowest BCUT2D eigenvalue weighted by atomic mass is 9.97. The van der Waals surface area contributed by atoms with Gasteiger partial charge in [-0.1, -0.05) is 42.5 Å². The molecule has 1 aliphatic rings. The van der Waals surface area contributed by atoms with Gasteiger partial charge >= 0.3 is 0 Å². The quantitative estimate of drug-likeness (QED) is 0.922. The Balaban J connectivity index is 1.50. The Morgan fingerprint density at radius 1 is 1.14 bits per heavy atom. The Hall–Kier alpha value is -2.33. The summed E-state index contributed by atoms with van der Waals surface area (Å²) in [5.41, 5.74) is 2.46. The molecule has 0 saturated carbocycles. The third-order valence-electron chi connectivity index (χ3n) is 3.69. The lowest BCUT2D eigenvalue weighted by Crippen LogP contribution is -2.34. The van der Waals surface area contributed by atoms with E-state index in [1.165, 1.54) is 5.56 Å². The first-order valence-corrected chi connectivity index (χ1v) is 7.47. The number of ether oxygens (including phenoxy) is 2. The molecule has 4 heteroatoms. The molecule has 0 saturated heterocycles. The van der Waals surface area contributed by atoms with Gasteiger partial charge in [-0.15, -0.1) is 0 Å². The molecule has 114 valence electrons. The number of fused-ring (bicyclic) bond motifs is 1. The molecule has 1 N–H and O–H groups in total. The predicted octanol–water partition coefficient (Wildman–Crippen LogP) is 2.50. The van der Waals surface area contributed by atoms with E-state index in [9.17, 15) is 4.79 Å². The molecule has 0 spiro atoms. The van der Waals surface area contributed by atoms with Crippen molar-refractivity contribution in [2.75, 3.05) is 19.8 Å². The van der Waals surface area contributed by atoms with Crippen molar-refractivity contribution in [2.24, 2.45) is 0 Å².